The second kappa shape index (κ2) is 6.25. The first-order valence-corrected chi connectivity index (χ1v) is 5.20. The van der Waals surface area contributed by atoms with Crippen molar-refractivity contribution < 1.29 is 14.6 Å². The van der Waals surface area contributed by atoms with Gasteiger partial charge in [-0.3, -0.25) is 4.79 Å². The first-order chi connectivity index (χ1) is 7.59. The van der Waals surface area contributed by atoms with Gasteiger partial charge in [-0.2, -0.15) is 0 Å². The van der Waals surface area contributed by atoms with Crippen LogP contribution in [0.4, 0.5) is 0 Å². The molecule has 1 aromatic rings. The Kier molecular flexibility index (Phi) is 4.95. The van der Waals surface area contributed by atoms with Crippen LogP contribution in [0.2, 0.25) is 0 Å². The average Bonchev–Trinajstić information content (AvgIpc) is 2.27. The number of carbonyl (C=O) groups excluding carboxylic acids is 1. The molecular formula is C12H17NO3. The first kappa shape index (κ1) is 12.7. The molecule has 0 spiro atoms. The average molecular weight is 223 g/mol. The van der Waals surface area contributed by atoms with E-state index in [1.807, 2.05) is 30.3 Å². The minimum absolute atomic E-state index is 0.0522. The van der Waals surface area contributed by atoms with Gasteiger partial charge in [0.15, 0.2) is 0 Å². The summed E-state index contributed by atoms with van der Waals surface area (Å²) in [6.07, 6.45) is -0.271. The normalized spacial score (nSPS) is 14.2. The third-order valence-corrected chi connectivity index (χ3v) is 2.27. The van der Waals surface area contributed by atoms with E-state index in [2.05, 4.69) is 0 Å². The minimum atomic E-state index is -0.830. The van der Waals surface area contributed by atoms with Gasteiger partial charge in [-0.1, -0.05) is 30.3 Å². The SMILES string of the molecule is CC(=O)OCC(O)[C@@H](N)Cc1ccccc1. The van der Waals surface area contributed by atoms with E-state index in [1.54, 1.807) is 0 Å². The zero-order valence-corrected chi connectivity index (χ0v) is 9.30. The lowest BCUT2D eigenvalue weighted by Crippen LogP contribution is -2.40. The molecule has 0 aromatic heterocycles. The van der Waals surface area contributed by atoms with Crippen LogP contribution in [-0.2, 0) is 16.0 Å². The quantitative estimate of drug-likeness (QED) is 0.712. The number of rotatable bonds is 5. The van der Waals surface area contributed by atoms with Gasteiger partial charge >= 0.3 is 5.97 Å². The van der Waals surface area contributed by atoms with Crippen molar-refractivity contribution in [2.24, 2.45) is 5.73 Å². The molecule has 88 valence electrons. The number of nitrogens with two attached hydrogens (primary N) is 1. The van der Waals surface area contributed by atoms with Gasteiger partial charge in [-0.05, 0) is 12.0 Å². The Labute approximate surface area is 95.0 Å². The van der Waals surface area contributed by atoms with Crippen LogP contribution in [-0.4, -0.2) is 29.8 Å². The highest BCUT2D eigenvalue weighted by Crippen LogP contribution is 2.04. The standard InChI is InChI=1S/C12H17NO3/c1-9(14)16-8-12(15)11(13)7-10-5-3-2-4-6-10/h2-6,11-12,15H,7-8,13H2,1H3/t11-,12?/m0/s1. The molecule has 1 aromatic carbocycles. The van der Waals surface area contributed by atoms with Gasteiger partial charge in [0.1, 0.15) is 12.7 Å². The molecule has 0 radical (unpaired) electrons. The number of ether oxygens (including phenoxy) is 1. The van der Waals surface area contributed by atoms with Crippen LogP contribution in [0, 0.1) is 0 Å². The number of esters is 1. The van der Waals surface area contributed by atoms with E-state index in [9.17, 15) is 9.90 Å². The third-order valence-electron chi connectivity index (χ3n) is 2.27. The van der Waals surface area contributed by atoms with Gasteiger partial charge < -0.3 is 15.6 Å². The maximum atomic E-state index is 10.6. The molecule has 0 fully saturated rings. The topological polar surface area (TPSA) is 72.5 Å². The fourth-order valence-corrected chi connectivity index (χ4v) is 1.35. The van der Waals surface area contributed by atoms with Gasteiger partial charge in [0.05, 0.1) is 0 Å². The van der Waals surface area contributed by atoms with Crippen LogP contribution >= 0.6 is 0 Å². The van der Waals surface area contributed by atoms with Gasteiger partial charge in [0.25, 0.3) is 0 Å². The van der Waals surface area contributed by atoms with Crippen LogP contribution in [0.3, 0.4) is 0 Å². The Balaban J connectivity index is 2.39. The molecule has 0 bridgehead atoms. The van der Waals surface area contributed by atoms with Crippen molar-refractivity contribution in [2.75, 3.05) is 6.61 Å². The van der Waals surface area contributed by atoms with Crippen molar-refractivity contribution in [2.45, 2.75) is 25.5 Å². The second-order valence-corrected chi connectivity index (χ2v) is 3.72. The van der Waals surface area contributed by atoms with Crippen LogP contribution in [0.15, 0.2) is 30.3 Å². The summed E-state index contributed by atoms with van der Waals surface area (Å²) in [5, 5.41) is 9.63. The van der Waals surface area contributed by atoms with Crippen molar-refractivity contribution in [1.29, 1.82) is 0 Å². The Morgan fingerprint density at radius 3 is 2.62 bits per heavy atom. The summed E-state index contributed by atoms with van der Waals surface area (Å²) < 4.78 is 4.69. The van der Waals surface area contributed by atoms with E-state index >= 15 is 0 Å². The van der Waals surface area contributed by atoms with Gasteiger partial charge in [0, 0.05) is 13.0 Å². The molecule has 4 heteroatoms. The lowest BCUT2D eigenvalue weighted by molar-refractivity contribution is -0.144. The van der Waals surface area contributed by atoms with Crippen molar-refractivity contribution in [3.63, 3.8) is 0 Å². The molecule has 0 aliphatic heterocycles. The molecule has 2 atom stereocenters. The molecule has 4 nitrogen and oxygen atoms in total. The Morgan fingerprint density at radius 1 is 1.44 bits per heavy atom. The predicted octanol–water partition coefficient (Wildman–Crippen LogP) is 0.480. The van der Waals surface area contributed by atoms with Crippen LogP contribution in [0.25, 0.3) is 0 Å². The Bertz CT molecular complexity index is 326. The summed E-state index contributed by atoms with van der Waals surface area (Å²) in [5.74, 6) is -0.411. The van der Waals surface area contributed by atoms with Crippen LogP contribution < -0.4 is 5.73 Å². The molecule has 0 saturated carbocycles. The maximum Gasteiger partial charge on any atom is 0.302 e. The van der Waals surface area contributed by atoms with Crippen molar-refractivity contribution in [1.82, 2.24) is 0 Å². The Morgan fingerprint density at radius 2 is 2.06 bits per heavy atom. The highest BCUT2D eigenvalue weighted by Gasteiger charge is 2.16. The molecule has 0 aliphatic carbocycles. The van der Waals surface area contributed by atoms with Gasteiger partial charge in [-0.25, -0.2) is 0 Å². The maximum absolute atomic E-state index is 10.6. The molecule has 1 rings (SSSR count). The largest absolute Gasteiger partial charge is 0.463 e. The zero-order chi connectivity index (χ0) is 12.0. The summed E-state index contributed by atoms with van der Waals surface area (Å²) in [4.78, 5) is 10.6. The molecule has 1 unspecified atom stereocenters. The van der Waals surface area contributed by atoms with Crippen molar-refractivity contribution in [3.05, 3.63) is 35.9 Å². The van der Waals surface area contributed by atoms with E-state index < -0.39 is 18.1 Å². The molecule has 0 aliphatic rings. The summed E-state index contributed by atoms with van der Waals surface area (Å²) in [6, 6.07) is 9.21. The zero-order valence-electron chi connectivity index (χ0n) is 9.30. The van der Waals surface area contributed by atoms with Crippen molar-refractivity contribution in [3.8, 4) is 0 Å². The predicted molar refractivity (Wildman–Crippen MR) is 60.8 cm³/mol. The number of benzene rings is 1. The van der Waals surface area contributed by atoms with E-state index in [4.69, 9.17) is 10.5 Å². The highest BCUT2D eigenvalue weighted by molar-refractivity contribution is 5.65. The number of carbonyl (C=O) groups is 1. The lowest BCUT2D eigenvalue weighted by Gasteiger charge is -2.18. The Hall–Kier alpha value is -1.39. The number of hydrogen-bond donors (Lipinski definition) is 2. The van der Waals surface area contributed by atoms with E-state index in [1.165, 1.54) is 6.92 Å². The molecule has 0 heterocycles. The summed E-state index contributed by atoms with van der Waals surface area (Å²) in [6.45, 7) is 1.25. The number of aliphatic hydroxyl groups is 1. The number of aliphatic hydroxyl groups excluding tert-OH is 1. The smallest absolute Gasteiger partial charge is 0.302 e. The summed E-state index contributed by atoms with van der Waals surface area (Å²) in [5.41, 5.74) is 6.85. The lowest BCUT2D eigenvalue weighted by atomic mass is 10.0. The summed E-state index contributed by atoms with van der Waals surface area (Å²) >= 11 is 0. The van der Waals surface area contributed by atoms with E-state index in [0.29, 0.717) is 6.42 Å². The van der Waals surface area contributed by atoms with Gasteiger partial charge in [0.2, 0.25) is 0 Å². The fraction of sp³-hybridized carbons (Fsp3) is 0.417. The fourth-order valence-electron chi connectivity index (χ4n) is 1.35. The van der Waals surface area contributed by atoms with Gasteiger partial charge in [-0.15, -0.1) is 0 Å². The second-order valence-electron chi connectivity index (χ2n) is 3.72. The third kappa shape index (κ3) is 4.42. The number of hydrogen-bond acceptors (Lipinski definition) is 4. The minimum Gasteiger partial charge on any atom is -0.463 e. The first-order valence-electron chi connectivity index (χ1n) is 5.20. The molecule has 16 heavy (non-hydrogen) atoms. The van der Waals surface area contributed by atoms with Crippen LogP contribution in [0.1, 0.15) is 12.5 Å². The van der Waals surface area contributed by atoms with E-state index in [0.717, 1.165) is 5.56 Å². The monoisotopic (exact) mass is 223 g/mol. The van der Waals surface area contributed by atoms with Crippen molar-refractivity contribution >= 4 is 5.97 Å². The molecular weight excluding hydrogens is 206 g/mol. The van der Waals surface area contributed by atoms with E-state index in [-0.39, 0.29) is 6.61 Å². The molecule has 0 saturated heterocycles. The highest BCUT2D eigenvalue weighted by atomic mass is 16.5. The molecule has 0 amide bonds. The molecule has 3 N–H and O–H groups in total. The summed E-state index contributed by atoms with van der Waals surface area (Å²) in [7, 11) is 0. The van der Waals surface area contributed by atoms with Crippen LogP contribution in [0.5, 0.6) is 0 Å².